The van der Waals surface area contributed by atoms with Gasteiger partial charge in [-0.2, -0.15) is 0 Å². The minimum Gasteiger partial charge on any atom is -0.326 e. The predicted molar refractivity (Wildman–Crippen MR) is 116 cm³/mol. The number of piperidine rings is 1. The molecule has 0 unspecified atom stereocenters. The van der Waals surface area contributed by atoms with Crippen LogP contribution in [0, 0.1) is 19.8 Å². The minimum absolute atomic E-state index is 0.00229. The van der Waals surface area contributed by atoms with Crippen molar-refractivity contribution in [2.75, 3.05) is 18.4 Å². The van der Waals surface area contributed by atoms with Gasteiger partial charge < -0.3 is 5.32 Å². The summed E-state index contributed by atoms with van der Waals surface area (Å²) in [5, 5.41) is 2.95. The fraction of sp³-hybridized carbons (Fsp3) is 0.381. The van der Waals surface area contributed by atoms with Gasteiger partial charge >= 0.3 is 0 Å². The van der Waals surface area contributed by atoms with Crippen LogP contribution >= 0.6 is 15.9 Å². The Hall–Kier alpha value is -1.70. The summed E-state index contributed by atoms with van der Waals surface area (Å²) in [7, 11) is -3.37. The van der Waals surface area contributed by atoms with E-state index < -0.39 is 10.0 Å². The van der Waals surface area contributed by atoms with Gasteiger partial charge in [-0.1, -0.05) is 45.8 Å². The zero-order valence-corrected chi connectivity index (χ0v) is 18.5. The molecule has 0 atom stereocenters. The van der Waals surface area contributed by atoms with Crippen molar-refractivity contribution in [1.29, 1.82) is 0 Å². The standard InChI is InChI=1S/C21H25BrN2O3S/c1-15-3-5-17(6-4-15)14-28(26,27)24-11-9-18(10-12-24)21(25)23-19-7-8-20(22)16(2)13-19/h3-8,13,18H,9-12,14H2,1-2H3,(H,23,25). The van der Waals surface area contributed by atoms with Crippen molar-refractivity contribution in [3.05, 3.63) is 63.6 Å². The van der Waals surface area contributed by atoms with Crippen molar-refractivity contribution in [1.82, 2.24) is 4.31 Å². The summed E-state index contributed by atoms with van der Waals surface area (Å²) in [4.78, 5) is 12.6. The number of hydrogen-bond acceptors (Lipinski definition) is 3. The third kappa shape index (κ3) is 5.21. The topological polar surface area (TPSA) is 66.5 Å². The Morgan fingerprint density at radius 2 is 1.75 bits per heavy atom. The molecule has 7 heteroatoms. The Balaban J connectivity index is 1.56. The van der Waals surface area contributed by atoms with Crippen LogP contribution in [0.4, 0.5) is 5.69 Å². The quantitative estimate of drug-likeness (QED) is 0.718. The second-order valence-corrected chi connectivity index (χ2v) is 10.2. The van der Waals surface area contributed by atoms with Crippen LogP contribution in [0.15, 0.2) is 46.9 Å². The molecule has 2 aromatic carbocycles. The van der Waals surface area contributed by atoms with Crippen LogP contribution in [0.5, 0.6) is 0 Å². The summed E-state index contributed by atoms with van der Waals surface area (Å²) in [6.45, 7) is 4.71. The zero-order valence-electron chi connectivity index (χ0n) is 16.1. The van der Waals surface area contributed by atoms with E-state index in [4.69, 9.17) is 0 Å². The Kier molecular flexibility index (Phi) is 6.58. The summed E-state index contributed by atoms with van der Waals surface area (Å²) in [6, 6.07) is 13.2. The molecule has 1 amide bonds. The Morgan fingerprint density at radius 3 is 2.36 bits per heavy atom. The first-order valence-electron chi connectivity index (χ1n) is 9.35. The van der Waals surface area contributed by atoms with Crippen LogP contribution in [0.1, 0.15) is 29.5 Å². The van der Waals surface area contributed by atoms with Gasteiger partial charge in [0, 0.05) is 29.2 Å². The van der Waals surface area contributed by atoms with Gasteiger partial charge in [0.15, 0.2) is 0 Å². The number of benzene rings is 2. The molecule has 1 saturated heterocycles. The Labute approximate surface area is 175 Å². The smallest absolute Gasteiger partial charge is 0.227 e. The number of anilines is 1. The van der Waals surface area contributed by atoms with Crippen LogP contribution in [-0.2, 0) is 20.6 Å². The van der Waals surface area contributed by atoms with Crippen LogP contribution in [0.2, 0.25) is 0 Å². The van der Waals surface area contributed by atoms with Crippen molar-refractivity contribution < 1.29 is 13.2 Å². The second-order valence-electron chi connectivity index (χ2n) is 7.37. The number of rotatable bonds is 5. The maximum Gasteiger partial charge on any atom is 0.227 e. The van der Waals surface area contributed by atoms with Crippen LogP contribution in [-0.4, -0.2) is 31.7 Å². The molecule has 0 saturated carbocycles. The summed E-state index contributed by atoms with van der Waals surface area (Å²) >= 11 is 3.45. The molecule has 1 aliphatic rings. The molecule has 1 aliphatic heterocycles. The molecule has 28 heavy (non-hydrogen) atoms. The molecule has 3 rings (SSSR count). The van der Waals surface area contributed by atoms with Gasteiger partial charge in [0.25, 0.3) is 0 Å². The van der Waals surface area contributed by atoms with Gasteiger partial charge in [-0.05, 0) is 56.0 Å². The van der Waals surface area contributed by atoms with E-state index in [0.717, 1.165) is 26.9 Å². The fourth-order valence-corrected chi connectivity index (χ4v) is 5.16. The first-order valence-corrected chi connectivity index (χ1v) is 11.8. The van der Waals surface area contributed by atoms with Gasteiger partial charge in [-0.25, -0.2) is 12.7 Å². The molecule has 1 fully saturated rings. The van der Waals surface area contributed by atoms with Crippen LogP contribution in [0.3, 0.4) is 0 Å². The average molecular weight is 465 g/mol. The van der Waals surface area contributed by atoms with Crippen LogP contribution in [0.25, 0.3) is 0 Å². The van der Waals surface area contributed by atoms with E-state index in [1.54, 1.807) is 0 Å². The van der Waals surface area contributed by atoms with E-state index in [1.807, 2.05) is 56.3 Å². The summed E-state index contributed by atoms with van der Waals surface area (Å²) in [6.07, 6.45) is 1.07. The molecular weight excluding hydrogens is 440 g/mol. The maximum atomic E-state index is 12.7. The lowest BCUT2D eigenvalue weighted by atomic mass is 9.97. The van der Waals surface area contributed by atoms with Crippen molar-refractivity contribution >= 4 is 37.5 Å². The molecule has 0 aliphatic carbocycles. The van der Waals surface area contributed by atoms with Gasteiger partial charge in [0.2, 0.25) is 15.9 Å². The molecule has 0 spiro atoms. The summed E-state index contributed by atoms with van der Waals surface area (Å²) in [5.74, 6) is -0.213. The minimum atomic E-state index is -3.37. The number of hydrogen-bond donors (Lipinski definition) is 1. The first-order chi connectivity index (χ1) is 13.2. The molecule has 1 heterocycles. The monoisotopic (exact) mass is 464 g/mol. The third-order valence-electron chi connectivity index (χ3n) is 5.11. The highest BCUT2D eigenvalue weighted by atomic mass is 79.9. The second kappa shape index (κ2) is 8.76. The van der Waals surface area contributed by atoms with E-state index in [2.05, 4.69) is 21.2 Å². The molecule has 5 nitrogen and oxygen atoms in total. The number of carbonyl (C=O) groups excluding carboxylic acids is 1. The van der Waals surface area contributed by atoms with E-state index in [0.29, 0.717) is 25.9 Å². The molecule has 0 radical (unpaired) electrons. The van der Waals surface area contributed by atoms with Gasteiger partial charge in [0.05, 0.1) is 5.75 Å². The lowest BCUT2D eigenvalue weighted by Crippen LogP contribution is -2.41. The first kappa shape index (κ1) is 21.0. The predicted octanol–water partition coefficient (Wildman–Crippen LogP) is 4.25. The lowest BCUT2D eigenvalue weighted by Gasteiger charge is -2.30. The molecular formula is C21H25BrN2O3S. The highest BCUT2D eigenvalue weighted by molar-refractivity contribution is 9.10. The Bertz CT molecular complexity index is 950. The van der Waals surface area contributed by atoms with Gasteiger partial charge in [-0.3, -0.25) is 4.79 Å². The van der Waals surface area contributed by atoms with Crippen molar-refractivity contribution in [2.45, 2.75) is 32.4 Å². The SMILES string of the molecule is Cc1ccc(CS(=O)(=O)N2CCC(C(=O)Nc3ccc(Br)c(C)c3)CC2)cc1. The van der Waals surface area contributed by atoms with E-state index >= 15 is 0 Å². The van der Waals surface area contributed by atoms with Gasteiger partial charge in [-0.15, -0.1) is 0 Å². The number of aryl methyl sites for hydroxylation is 2. The number of nitrogens with zero attached hydrogens (tertiary/aromatic N) is 1. The largest absolute Gasteiger partial charge is 0.326 e. The molecule has 0 aromatic heterocycles. The maximum absolute atomic E-state index is 12.7. The highest BCUT2D eigenvalue weighted by Gasteiger charge is 2.31. The van der Waals surface area contributed by atoms with E-state index in [1.165, 1.54) is 4.31 Å². The molecule has 1 N–H and O–H groups in total. The highest BCUT2D eigenvalue weighted by Crippen LogP contribution is 2.25. The lowest BCUT2D eigenvalue weighted by molar-refractivity contribution is -0.120. The number of sulfonamides is 1. The van der Waals surface area contributed by atoms with E-state index in [-0.39, 0.29) is 17.6 Å². The molecule has 2 aromatic rings. The summed E-state index contributed by atoms with van der Waals surface area (Å²) in [5.41, 5.74) is 3.71. The Morgan fingerprint density at radius 1 is 1.11 bits per heavy atom. The molecule has 150 valence electrons. The van der Waals surface area contributed by atoms with Crippen molar-refractivity contribution in [3.63, 3.8) is 0 Å². The average Bonchev–Trinajstić information content (AvgIpc) is 2.66. The number of halogens is 1. The summed E-state index contributed by atoms with van der Waals surface area (Å²) < 4.78 is 27.9. The van der Waals surface area contributed by atoms with Crippen molar-refractivity contribution in [3.8, 4) is 0 Å². The zero-order chi connectivity index (χ0) is 20.3. The van der Waals surface area contributed by atoms with Crippen molar-refractivity contribution in [2.24, 2.45) is 5.92 Å². The van der Waals surface area contributed by atoms with Crippen LogP contribution < -0.4 is 5.32 Å². The number of carbonyl (C=O) groups is 1. The van der Waals surface area contributed by atoms with E-state index in [9.17, 15) is 13.2 Å². The van der Waals surface area contributed by atoms with Gasteiger partial charge in [0.1, 0.15) is 0 Å². The third-order valence-corrected chi connectivity index (χ3v) is 7.85. The molecule has 0 bridgehead atoms. The number of amides is 1. The fourth-order valence-electron chi connectivity index (χ4n) is 3.35. The normalized spacial score (nSPS) is 16.1. The number of nitrogens with one attached hydrogen (secondary N) is 1.